The van der Waals surface area contributed by atoms with Crippen molar-refractivity contribution in [3.63, 3.8) is 0 Å². The number of imidazole rings is 1. The van der Waals surface area contributed by atoms with Crippen LogP contribution in [-0.2, 0) is 30.5 Å². The summed E-state index contributed by atoms with van der Waals surface area (Å²) < 4.78 is 50.2. The maximum absolute atomic E-state index is 14.2. The molecule has 0 spiro atoms. The van der Waals surface area contributed by atoms with Crippen LogP contribution in [0.5, 0.6) is 11.5 Å². The fourth-order valence-corrected chi connectivity index (χ4v) is 6.27. The van der Waals surface area contributed by atoms with Gasteiger partial charge in [-0.3, -0.25) is 19.5 Å². The molecule has 2 amide bonds. The van der Waals surface area contributed by atoms with Crippen LogP contribution < -0.4 is 4.74 Å². The van der Waals surface area contributed by atoms with E-state index in [1.165, 1.54) is 27.9 Å². The number of fused-ring (bicyclic) bond motifs is 2. The van der Waals surface area contributed by atoms with Crippen molar-refractivity contribution in [2.24, 2.45) is 0 Å². The molecule has 254 valence electrons. The quantitative estimate of drug-likeness (QED) is 0.272. The van der Waals surface area contributed by atoms with Crippen LogP contribution in [0.2, 0.25) is 0 Å². The van der Waals surface area contributed by atoms with Crippen molar-refractivity contribution >= 4 is 17.5 Å². The van der Waals surface area contributed by atoms with Gasteiger partial charge in [-0.15, -0.1) is 0 Å². The first-order chi connectivity index (χ1) is 22.9. The van der Waals surface area contributed by atoms with Gasteiger partial charge in [0.2, 0.25) is 5.91 Å². The molecule has 3 aromatic heterocycles. The van der Waals surface area contributed by atoms with Gasteiger partial charge in [0.25, 0.3) is 5.91 Å². The van der Waals surface area contributed by atoms with Crippen LogP contribution in [0.1, 0.15) is 57.7 Å². The van der Waals surface area contributed by atoms with E-state index in [0.717, 1.165) is 36.8 Å². The second kappa shape index (κ2) is 13.5. The largest absolute Gasteiger partial charge is 0.452 e. The summed E-state index contributed by atoms with van der Waals surface area (Å²) in [5.41, 5.74) is 2.11. The molecule has 0 unspecified atom stereocenters. The number of carbonyl (C=O) groups is 2. The zero-order valence-electron chi connectivity index (χ0n) is 27.5. The highest BCUT2D eigenvalue weighted by Crippen LogP contribution is 2.35. The predicted molar refractivity (Wildman–Crippen MR) is 172 cm³/mol. The minimum absolute atomic E-state index is 0.0389. The van der Waals surface area contributed by atoms with Crippen molar-refractivity contribution < 1.29 is 27.5 Å². The van der Waals surface area contributed by atoms with Crippen LogP contribution in [0, 0.1) is 0 Å². The minimum Gasteiger partial charge on any atom is -0.452 e. The highest BCUT2D eigenvalue weighted by atomic mass is 19.4. The molecule has 0 aliphatic carbocycles. The smallest absolute Gasteiger partial charge is 0.416 e. The minimum atomic E-state index is -4.53. The molecule has 0 saturated carbocycles. The Morgan fingerprint density at radius 2 is 1.85 bits per heavy atom. The Bertz CT molecular complexity index is 1820. The molecule has 0 bridgehead atoms. The van der Waals surface area contributed by atoms with Crippen molar-refractivity contribution in [3.8, 4) is 11.5 Å². The van der Waals surface area contributed by atoms with E-state index in [4.69, 9.17) is 4.74 Å². The van der Waals surface area contributed by atoms with Gasteiger partial charge in [0, 0.05) is 71.9 Å². The van der Waals surface area contributed by atoms with Crippen LogP contribution >= 0.6 is 0 Å². The molecular weight excluding hydrogens is 625 g/mol. The van der Waals surface area contributed by atoms with Crippen molar-refractivity contribution in [1.82, 2.24) is 39.2 Å². The van der Waals surface area contributed by atoms with Gasteiger partial charge >= 0.3 is 6.18 Å². The Hall–Kier alpha value is -4.56. The van der Waals surface area contributed by atoms with Gasteiger partial charge in [-0.1, -0.05) is 19.1 Å². The van der Waals surface area contributed by atoms with Crippen molar-refractivity contribution in [1.29, 1.82) is 0 Å². The summed E-state index contributed by atoms with van der Waals surface area (Å²) in [6, 6.07) is 7.76. The number of carbonyl (C=O) groups excluding carboxylic acids is 2. The van der Waals surface area contributed by atoms with Crippen molar-refractivity contribution in [2.75, 3.05) is 53.9 Å². The van der Waals surface area contributed by atoms with E-state index in [0.29, 0.717) is 42.3 Å². The van der Waals surface area contributed by atoms with Gasteiger partial charge in [-0.2, -0.15) is 18.3 Å². The van der Waals surface area contributed by atoms with Crippen LogP contribution in [0.4, 0.5) is 13.2 Å². The summed E-state index contributed by atoms with van der Waals surface area (Å²) in [5, 5.41) is 4.23. The van der Waals surface area contributed by atoms with E-state index in [2.05, 4.69) is 20.0 Å². The SMILES string of the molecule is CC[C@H]1CN(C(=O)Cc2ccc(CN3CCN(C)CC3)c(C(F)(F)F)c2)Cc2cc(Oc3ccnn4cc(C(=O)N(C)C)nc34)cnc21. The highest BCUT2D eigenvalue weighted by molar-refractivity contribution is 5.92. The molecule has 5 heterocycles. The number of hydrogen-bond donors (Lipinski definition) is 0. The monoisotopic (exact) mass is 664 g/mol. The first-order valence-corrected chi connectivity index (χ1v) is 16.0. The van der Waals surface area contributed by atoms with Crippen LogP contribution in [0.15, 0.2) is 48.9 Å². The van der Waals surface area contributed by atoms with Gasteiger partial charge in [0.15, 0.2) is 11.4 Å². The van der Waals surface area contributed by atoms with Gasteiger partial charge in [-0.25, -0.2) is 9.50 Å². The maximum Gasteiger partial charge on any atom is 0.416 e. The van der Waals surface area contributed by atoms with Gasteiger partial charge < -0.3 is 19.4 Å². The van der Waals surface area contributed by atoms with Crippen molar-refractivity contribution in [3.05, 3.63) is 82.6 Å². The zero-order chi connectivity index (χ0) is 34.2. The number of piperazine rings is 1. The first-order valence-electron chi connectivity index (χ1n) is 16.0. The summed E-state index contributed by atoms with van der Waals surface area (Å²) in [5.74, 6) is 0.227. The second-order valence-corrected chi connectivity index (χ2v) is 12.7. The fraction of sp³-hybridized carbons (Fsp3) is 0.441. The third kappa shape index (κ3) is 7.14. The molecule has 4 aromatic rings. The van der Waals surface area contributed by atoms with Gasteiger partial charge in [-0.05, 0) is 42.3 Å². The Labute approximate surface area is 276 Å². The number of halogens is 3. The Balaban J connectivity index is 1.19. The number of amides is 2. The molecule has 2 aliphatic rings. The highest BCUT2D eigenvalue weighted by Gasteiger charge is 2.35. The van der Waals surface area contributed by atoms with E-state index in [9.17, 15) is 22.8 Å². The number of ether oxygens (including phenoxy) is 1. The van der Waals surface area contributed by atoms with Crippen molar-refractivity contribution in [2.45, 2.75) is 44.9 Å². The van der Waals surface area contributed by atoms with E-state index < -0.39 is 11.7 Å². The molecule has 1 aromatic carbocycles. The number of nitrogens with zero attached hydrogens (tertiary/aromatic N) is 8. The summed E-state index contributed by atoms with van der Waals surface area (Å²) in [6.07, 6.45) is 0.745. The van der Waals surface area contributed by atoms with E-state index >= 15 is 0 Å². The molecule has 48 heavy (non-hydrogen) atoms. The topological polar surface area (TPSA) is 99.4 Å². The Morgan fingerprint density at radius 1 is 1.08 bits per heavy atom. The third-order valence-electron chi connectivity index (χ3n) is 9.01. The lowest BCUT2D eigenvalue weighted by molar-refractivity contribution is -0.139. The second-order valence-electron chi connectivity index (χ2n) is 12.7. The summed E-state index contributed by atoms with van der Waals surface area (Å²) in [6.45, 7) is 5.95. The molecule has 2 aliphatic heterocycles. The van der Waals surface area contributed by atoms with Crippen LogP contribution in [0.25, 0.3) is 5.65 Å². The fourth-order valence-electron chi connectivity index (χ4n) is 6.27. The molecular formula is C34H39F3N8O3. The molecule has 1 fully saturated rings. The number of rotatable bonds is 8. The van der Waals surface area contributed by atoms with E-state index in [1.807, 2.05) is 24.9 Å². The van der Waals surface area contributed by atoms with E-state index in [1.54, 1.807) is 37.3 Å². The normalized spacial score (nSPS) is 17.4. The Morgan fingerprint density at radius 3 is 2.56 bits per heavy atom. The maximum atomic E-state index is 14.2. The lowest BCUT2D eigenvalue weighted by atomic mass is 9.92. The molecule has 14 heteroatoms. The average Bonchev–Trinajstić information content (AvgIpc) is 3.50. The average molecular weight is 665 g/mol. The van der Waals surface area contributed by atoms with E-state index in [-0.39, 0.29) is 48.5 Å². The predicted octanol–water partition coefficient (Wildman–Crippen LogP) is 4.46. The van der Waals surface area contributed by atoms with Gasteiger partial charge in [0.1, 0.15) is 11.4 Å². The molecule has 6 rings (SSSR count). The summed E-state index contributed by atoms with van der Waals surface area (Å²) in [4.78, 5) is 42.4. The summed E-state index contributed by atoms with van der Waals surface area (Å²) >= 11 is 0. The molecule has 1 atom stereocenters. The molecule has 0 N–H and O–H groups in total. The Kier molecular flexibility index (Phi) is 9.39. The third-order valence-corrected chi connectivity index (χ3v) is 9.01. The number of likely N-dealkylation sites (N-methyl/N-ethyl adjacent to an activating group) is 1. The number of benzene rings is 1. The molecule has 0 radical (unpaired) electrons. The standard InChI is InChI=1S/C34H39F3N8O3/c1-5-23-19-44(30(46)15-22-6-7-24(27(14-22)34(35,36)37)18-43-12-10-42(4)11-13-43)20-25-16-26(17-38-31(23)25)48-29-8-9-39-45-21-28(40-32(29)45)33(47)41(2)3/h6-9,14,16-17,21,23H,5,10-13,15,18-20H2,1-4H3/t23-/m0/s1. The number of hydrogen-bond acceptors (Lipinski definition) is 8. The molecule has 11 nitrogen and oxygen atoms in total. The number of aromatic nitrogens is 4. The van der Waals surface area contributed by atoms with Crippen LogP contribution in [-0.4, -0.2) is 105 Å². The summed E-state index contributed by atoms with van der Waals surface area (Å²) in [7, 11) is 5.28. The van der Waals surface area contributed by atoms with Crippen LogP contribution in [0.3, 0.4) is 0 Å². The lowest BCUT2D eigenvalue weighted by Gasteiger charge is -2.34. The molecule has 1 saturated heterocycles. The lowest BCUT2D eigenvalue weighted by Crippen LogP contribution is -2.44. The first kappa shape index (κ1) is 33.3. The number of alkyl halides is 3. The van der Waals surface area contributed by atoms with Gasteiger partial charge in [0.05, 0.1) is 36.3 Å². The number of pyridine rings is 1. The zero-order valence-corrected chi connectivity index (χ0v) is 27.5.